The summed E-state index contributed by atoms with van der Waals surface area (Å²) in [6.45, 7) is 4.07. The lowest BCUT2D eigenvalue weighted by Crippen LogP contribution is -2.34. The van der Waals surface area contributed by atoms with Crippen molar-refractivity contribution in [1.82, 2.24) is 0 Å². The van der Waals surface area contributed by atoms with E-state index in [1.54, 1.807) is 0 Å². The smallest absolute Gasteiger partial charge is 0.0705 e. The Labute approximate surface area is 77.0 Å². The maximum Gasteiger partial charge on any atom is 0.0705 e. The molecule has 0 spiro atoms. The van der Waals surface area contributed by atoms with Crippen LogP contribution in [0.5, 0.6) is 0 Å². The maximum atomic E-state index is 10.5. The summed E-state index contributed by atoms with van der Waals surface area (Å²) in [6, 6.07) is 0. The Kier molecular flexibility index (Phi) is 6.61. The molecule has 12 heavy (non-hydrogen) atoms. The average molecular weight is 192 g/mol. The zero-order chi connectivity index (χ0) is 9.56. The van der Waals surface area contributed by atoms with Gasteiger partial charge < -0.3 is 10.3 Å². The minimum Gasteiger partial charge on any atom is -0.771 e. The minimum absolute atomic E-state index is 0.128. The first kappa shape index (κ1) is 12.1. The molecular formula is C8H18NO2S-. The molecule has 0 aliphatic carbocycles. The highest BCUT2D eigenvalue weighted by Crippen LogP contribution is 2.16. The number of unbranched alkanes of at least 4 members (excludes halogenated alkanes) is 1. The van der Waals surface area contributed by atoms with Crippen LogP contribution < -0.4 is 5.73 Å². The third-order valence-electron chi connectivity index (χ3n) is 2.14. The predicted molar refractivity (Wildman–Crippen MR) is 50.2 cm³/mol. The molecule has 3 atom stereocenters. The van der Waals surface area contributed by atoms with Crippen molar-refractivity contribution in [3.63, 3.8) is 0 Å². The maximum absolute atomic E-state index is 10.5. The van der Waals surface area contributed by atoms with Crippen LogP contribution in [0.4, 0.5) is 0 Å². The Morgan fingerprint density at radius 2 is 2.08 bits per heavy atom. The van der Waals surface area contributed by atoms with Crippen LogP contribution in [0.2, 0.25) is 0 Å². The van der Waals surface area contributed by atoms with Crippen molar-refractivity contribution in [2.75, 3.05) is 0 Å². The summed E-state index contributed by atoms with van der Waals surface area (Å²) < 4.78 is 21.1. The molecule has 74 valence electrons. The van der Waals surface area contributed by atoms with Crippen molar-refractivity contribution >= 4 is 11.1 Å². The fourth-order valence-corrected chi connectivity index (χ4v) is 1.87. The van der Waals surface area contributed by atoms with Crippen LogP contribution in [0.3, 0.4) is 0 Å². The van der Waals surface area contributed by atoms with Crippen molar-refractivity contribution in [1.29, 1.82) is 0 Å². The van der Waals surface area contributed by atoms with E-state index in [1.807, 2.05) is 6.92 Å². The van der Waals surface area contributed by atoms with Gasteiger partial charge in [0.05, 0.1) is 5.37 Å². The highest BCUT2D eigenvalue weighted by atomic mass is 32.2. The second-order valence-electron chi connectivity index (χ2n) is 3.04. The predicted octanol–water partition coefficient (Wildman–Crippen LogP) is 1.37. The summed E-state index contributed by atoms with van der Waals surface area (Å²) >= 11 is -2.12. The summed E-state index contributed by atoms with van der Waals surface area (Å²) in [5.41, 5.74) is 5.50. The first-order valence-electron chi connectivity index (χ1n) is 4.47. The summed E-state index contributed by atoms with van der Waals surface area (Å²) in [6.07, 6.45) is 3.91. The third-order valence-corrected chi connectivity index (χ3v) is 2.97. The molecule has 0 fully saturated rings. The number of rotatable bonds is 6. The van der Waals surface area contributed by atoms with Crippen LogP contribution in [0.15, 0.2) is 0 Å². The van der Waals surface area contributed by atoms with E-state index in [1.165, 1.54) is 0 Å². The van der Waals surface area contributed by atoms with Gasteiger partial charge in [-0.05, 0) is 23.4 Å². The van der Waals surface area contributed by atoms with Gasteiger partial charge in [0.1, 0.15) is 0 Å². The van der Waals surface area contributed by atoms with Gasteiger partial charge in [0.2, 0.25) is 0 Å². The highest BCUT2D eigenvalue weighted by Gasteiger charge is 2.15. The van der Waals surface area contributed by atoms with Crippen molar-refractivity contribution in [3.8, 4) is 0 Å². The lowest BCUT2D eigenvalue weighted by Gasteiger charge is -2.24. The largest absolute Gasteiger partial charge is 0.771 e. The lowest BCUT2D eigenvalue weighted by atomic mass is 9.99. The van der Waals surface area contributed by atoms with E-state index in [2.05, 4.69) is 6.92 Å². The first-order chi connectivity index (χ1) is 5.63. The Bertz CT molecular complexity index is 141. The number of hydrogen-bond donors (Lipinski definition) is 1. The van der Waals surface area contributed by atoms with Crippen LogP contribution in [-0.2, 0) is 11.1 Å². The Hall–Kier alpha value is 0.0700. The zero-order valence-corrected chi connectivity index (χ0v) is 8.60. The Balaban J connectivity index is 3.87. The highest BCUT2D eigenvalue weighted by molar-refractivity contribution is 7.79. The molecule has 0 aromatic rings. The molecule has 0 amide bonds. The van der Waals surface area contributed by atoms with Crippen LogP contribution in [0.1, 0.15) is 39.5 Å². The molecule has 0 saturated carbocycles. The molecule has 0 aliphatic heterocycles. The summed E-state index contributed by atoms with van der Waals surface area (Å²) in [4.78, 5) is 0. The van der Waals surface area contributed by atoms with E-state index in [-0.39, 0.29) is 5.92 Å². The lowest BCUT2D eigenvalue weighted by molar-refractivity contribution is 0.411. The molecule has 0 aliphatic rings. The Morgan fingerprint density at radius 1 is 1.50 bits per heavy atom. The van der Waals surface area contributed by atoms with Gasteiger partial charge in [-0.3, -0.25) is 4.21 Å². The van der Waals surface area contributed by atoms with E-state index in [9.17, 15) is 8.76 Å². The standard InChI is InChI=1S/C8H19NO2S/c1-3-5-6-7(4-2)8(9)12(10)11/h7-8H,3-6,9H2,1-2H3,(H,10,11)/p-1. The summed E-state index contributed by atoms with van der Waals surface area (Å²) in [5.74, 6) is 0.128. The molecule has 2 N–H and O–H groups in total. The quantitative estimate of drug-likeness (QED) is 0.646. The van der Waals surface area contributed by atoms with E-state index >= 15 is 0 Å². The monoisotopic (exact) mass is 192 g/mol. The average Bonchev–Trinajstić information content (AvgIpc) is 2.05. The fraction of sp³-hybridized carbons (Fsp3) is 1.00. The molecule has 3 nitrogen and oxygen atoms in total. The van der Waals surface area contributed by atoms with Gasteiger partial charge in [0.25, 0.3) is 0 Å². The molecule has 0 heterocycles. The molecule has 0 saturated heterocycles. The SMILES string of the molecule is CCCCC(CC)C(N)S(=O)[O-]. The Morgan fingerprint density at radius 3 is 2.42 bits per heavy atom. The van der Waals surface area contributed by atoms with Gasteiger partial charge in [-0.2, -0.15) is 0 Å². The van der Waals surface area contributed by atoms with Gasteiger partial charge in [-0.25, -0.2) is 0 Å². The zero-order valence-electron chi connectivity index (χ0n) is 7.79. The van der Waals surface area contributed by atoms with Gasteiger partial charge in [0.15, 0.2) is 0 Å². The van der Waals surface area contributed by atoms with Crippen LogP contribution in [0.25, 0.3) is 0 Å². The van der Waals surface area contributed by atoms with Crippen molar-refractivity contribution in [2.45, 2.75) is 44.9 Å². The van der Waals surface area contributed by atoms with Crippen molar-refractivity contribution in [3.05, 3.63) is 0 Å². The second kappa shape index (κ2) is 6.57. The normalized spacial score (nSPS) is 18.7. The van der Waals surface area contributed by atoms with Gasteiger partial charge in [0, 0.05) is 0 Å². The van der Waals surface area contributed by atoms with E-state index in [4.69, 9.17) is 5.73 Å². The summed E-state index contributed by atoms with van der Waals surface area (Å²) in [7, 11) is 0. The second-order valence-corrected chi connectivity index (χ2v) is 4.10. The van der Waals surface area contributed by atoms with Gasteiger partial charge in [-0.15, -0.1) is 0 Å². The molecule has 0 rings (SSSR count). The van der Waals surface area contributed by atoms with Gasteiger partial charge >= 0.3 is 0 Å². The van der Waals surface area contributed by atoms with Crippen molar-refractivity contribution < 1.29 is 8.76 Å². The van der Waals surface area contributed by atoms with Crippen molar-refractivity contribution in [2.24, 2.45) is 11.7 Å². The molecular weight excluding hydrogens is 174 g/mol. The number of nitrogens with two attached hydrogens (primary N) is 1. The molecule has 4 heteroatoms. The van der Waals surface area contributed by atoms with Gasteiger partial charge in [-0.1, -0.05) is 33.1 Å². The van der Waals surface area contributed by atoms with Crippen LogP contribution in [-0.4, -0.2) is 14.1 Å². The molecule has 0 radical (unpaired) electrons. The van der Waals surface area contributed by atoms with Crippen LogP contribution in [0, 0.1) is 5.92 Å². The molecule has 0 aromatic heterocycles. The third kappa shape index (κ3) is 4.18. The minimum atomic E-state index is -2.12. The van der Waals surface area contributed by atoms with E-state index in [0.717, 1.165) is 25.7 Å². The molecule has 0 bridgehead atoms. The topological polar surface area (TPSA) is 66.2 Å². The summed E-state index contributed by atoms with van der Waals surface area (Å²) in [5, 5.41) is -0.679. The number of hydrogen-bond acceptors (Lipinski definition) is 3. The van der Waals surface area contributed by atoms with E-state index < -0.39 is 16.5 Å². The first-order valence-corrected chi connectivity index (χ1v) is 5.60. The van der Waals surface area contributed by atoms with E-state index in [0.29, 0.717) is 0 Å². The van der Waals surface area contributed by atoms with Crippen LogP contribution >= 0.6 is 0 Å². The molecule has 3 unspecified atom stereocenters. The molecule has 0 aromatic carbocycles. The fourth-order valence-electron chi connectivity index (χ4n) is 1.22.